The van der Waals surface area contributed by atoms with E-state index < -0.39 is 18.1 Å². The van der Waals surface area contributed by atoms with Crippen LogP contribution < -0.4 is 5.73 Å². The largest absolute Gasteiger partial charge is 0.459 e. The fourth-order valence-corrected chi connectivity index (χ4v) is 3.54. The van der Waals surface area contributed by atoms with Crippen molar-refractivity contribution >= 4 is 11.7 Å². The summed E-state index contributed by atoms with van der Waals surface area (Å²) in [7, 11) is 0. The van der Waals surface area contributed by atoms with E-state index in [0.29, 0.717) is 28.8 Å². The SMILES string of the molecule is [C-]#[N+]c1cncc(-c2ccc3c(c2)[C@@]2(CC3)N=C(N)OCC2(F)F)c1. The number of aryl methyl sites for hydroxylation is 1. The fourth-order valence-electron chi connectivity index (χ4n) is 3.54. The van der Waals surface area contributed by atoms with Crippen LogP contribution in [0.3, 0.4) is 0 Å². The third-order valence-electron chi connectivity index (χ3n) is 4.81. The molecule has 2 aromatic rings. The molecule has 0 radical (unpaired) electrons. The Hall–Kier alpha value is -3.01. The molecule has 126 valence electrons. The summed E-state index contributed by atoms with van der Waals surface area (Å²) in [5, 5.41) is 0. The summed E-state index contributed by atoms with van der Waals surface area (Å²) < 4.78 is 34.2. The van der Waals surface area contributed by atoms with Crippen LogP contribution in [-0.2, 0) is 16.7 Å². The van der Waals surface area contributed by atoms with Crippen LogP contribution in [0.1, 0.15) is 17.5 Å². The molecule has 1 spiro atoms. The highest BCUT2D eigenvalue weighted by molar-refractivity contribution is 5.75. The van der Waals surface area contributed by atoms with Gasteiger partial charge in [0.25, 0.3) is 6.02 Å². The van der Waals surface area contributed by atoms with Gasteiger partial charge in [-0.1, -0.05) is 12.1 Å². The highest BCUT2D eigenvalue weighted by atomic mass is 19.3. The van der Waals surface area contributed by atoms with Crippen molar-refractivity contribution in [3.63, 3.8) is 0 Å². The summed E-state index contributed by atoms with van der Waals surface area (Å²) in [6.07, 6.45) is 3.76. The quantitative estimate of drug-likeness (QED) is 0.809. The van der Waals surface area contributed by atoms with Gasteiger partial charge in [0.2, 0.25) is 5.69 Å². The van der Waals surface area contributed by atoms with Crippen LogP contribution in [0.25, 0.3) is 16.0 Å². The lowest BCUT2D eigenvalue weighted by atomic mass is 9.84. The number of hydrogen-bond acceptors (Lipinski definition) is 4. The second kappa shape index (κ2) is 5.24. The van der Waals surface area contributed by atoms with E-state index in [-0.39, 0.29) is 12.4 Å². The lowest BCUT2D eigenvalue weighted by molar-refractivity contribution is -0.121. The van der Waals surface area contributed by atoms with Crippen molar-refractivity contribution in [1.29, 1.82) is 0 Å². The number of fused-ring (bicyclic) bond motifs is 2. The number of nitrogens with zero attached hydrogens (tertiary/aromatic N) is 3. The van der Waals surface area contributed by atoms with Gasteiger partial charge in [0.15, 0.2) is 12.1 Å². The van der Waals surface area contributed by atoms with Gasteiger partial charge in [0, 0.05) is 12.4 Å². The van der Waals surface area contributed by atoms with Crippen LogP contribution >= 0.6 is 0 Å². The minimum Gasteiger partial charge on any atom is -0.459 e. The van der Waals surface area contributed by atoms with E-state index in [1.807, 2.05) is 12.1 Å². The maximum atomic E-state index is 14.7. The van der Waals surface area contributed by atoms with Gasteiger partial charge in [-0.25, -0.2) is 9.84 Å². The molecule has 0 amide bonds. The first-order valence-electron chi connectivity index (χ1n) is 7.77. The smallest absolute Gasteiger partial charge is 0.310 e. The molecule has 1 aliphatic heterocycles. The normalized spacial score (nSPS) is 23.5. The third kappa shape index (κ3) is 2.25. The van der Waals surface area contributed by atoms with Crippen molar-refractivity contribution in [2.75, 3.05) is 6.61 Å². The molecule has 0 bridgehead atoms. The van der Waals surface area contributed by atoms with Crippen molar-refractivity contribution in [2.24, 2.45) is 10.7 Å². The average molecular weight is 340 g/mol. The van der Waals surface area contributed by atoms with E-state index in [2.05, 4.69) is 14.8 Å². The highest BCUT2D eigenvalue weighted by Gasteiger charge is 2.60. The molecule has 2 aliphatic rings. The predicted molar refractivity (Wildman–Crippen MR) is 88.5 cm³/mol. The maximum absolute atomic E-state index is 14.7. The summed E-state index contributed by atoms with van der Waals surface area (Å²) in [5.41, 5.74) is 7.02. The van der Waals surface area contributed by atoms with Gasteiger partial charge in [-0.2, -0.15) is 8.78 Å². The number of benzene rings is 1. The Bertz CT molecular complexity index is 935. The number of amidine groups is 1. The molecule has 1 atom stereocenters. The van der Waals surface area contributed by atoms with Crippen molar-refractivity contribution < 1.29 is 13.5 Å². The van der Waals surface area contributed by atoms with Gasteiger partial charge in [0.1, 0.15) is 0 Å². The van der Waals surface area contributed by atoms with Crippen LogP contribution in [0.5, 0.6) is 0 Å². The maximum Gasteiger partial charge on any atom is 0.310 e. The molecule has 1 aromatic carbocycles. The molecular weight excluding hydrogens is 326 g/mol. The van der Waals surface area contributed by atoms with Gasteiger partial charge in [0.05, 0.1) is 6.57 Å². The van der Waals surface area contributed by atoms with Gasteiger partial charge in [-0.15, -0.1) is 0 Å². The molecule has 25 heavy (non-hydrogen) atoms. The summed E-state index contributed by atoms with van der Waals surface area (Å²) >= 11 is 0. The van der Waals surface area contributed by atoms with Gasteiger partial charge < -0.3 is 10.5 Å². The molecule has 0 unspecified atom stereocenters. The first kappa shape index (κ1) is 15.5. The lowest BCUT2D eigenvalue weighted by Gasteiger charge is -2.37. The first-order valence-corrected chi connectivity index (χ1v) is 7.77. The number of nitrogens with two attached hydrogens (primary N) is 1. The molecule has 0 saturated heterocycles. The van der Waals surface area contributed by atoms with Crippen molar-refractivity contribution in [3.05, 3.63) is 59.2 Å². The molecule has 2 heterocycles. The molecule has 0 fully saturated rings. The summed E-state index contributed by atoms with van der Waals surface area (Å²) in [6.45, 7) is 6.32. The Morgan fingerprint density at radius 1 is 1.20 bits per heavy atom. The molecule has 1 aromatic heterocycles. The van der Waals surface area contributed by atoms with E-state index in [0.717, 1.165) is 5.56 Å². The second-order valence-electron chi connectivity index (χ2n) is 6.22. The van der Waals surface area contributed by atoms with Gasteiger partial charge in [-0.05, 0) is 47.2 Å². The number of aliphatic imine (C=N–C) groups is 1. The van der Waals surface area contributed by atoms with Gasteiger partial charge in [-0.3, -0.25) is 4.98 Å². The molecule has 1 aliphatic carbocycles. The molecule has 5 nitrogen and oxygen atoms in total. The van der Waals surface area contributed by atoms with Crippen molar-refractivity contribution in [1.82, 2.24) is 4.98 Å². The van der Waals surface area contributed by atoms with Crippen molar-refractivity contribution in [2.45, 2.75) is 24.3 Å². The number of rotatable bonds is 1. The van der Waals surface area contributed by atoms with E-state index >= 15 is 0 Å². The van der Waals surface area contributed by atoms with Gasteiger partial charge >= 0.3 is 5.92 Å². The number of aromatic nitrogens is 1. The van der Waals surface area contributed by atoms with Crippen LogP contribution in [0.4, 0.5) is 14.5 Å². The molecular formula is C18H14F2N4O. The Labute approximate surface area is 143 Å². The summed E-state index contributed by atoms with van der Waals surface area (Å²) in [5.74, 6) is -3.14. The fraction of sp³-hybridized carbons (Fsp3) is 0.278. The standard InChI is InChI=1S/C18H14F2N4O/c1-22-14-6-13(8-23-9-14)12-3-2-11-4-5-17(15(11)7-12)18(19,20)10-25-16(21)24-17/h2-3,6-9H,4-5,10H2,(H2,21,24)/t17-/m1/s1. The highest BCUT2D eigenvalue weighted by Crippen LogP contribution is 2.52. The minimum atomic E-state index is -3.14. The first-order chi connectivity index (χ1) is 11.9. The van der Waals surface area contributed by atoms with Crippen molar-refractivity contribution in [3.8, 4) is 11.1 Å². The van der Waals surface area contributed by atoms with E-state index in [1.54, 1.807) is 18.3 Å². The van der Waals surface area contributed by atoms with E-state index in [9.17, 15) is 8.78 Å². The third-order valence-corrected chi connectivity index (χ3v) is 4.81. The average Bonchev–Trinajstić information content (AvgIpc) is 2.98. The lowest BCUT2D eigenvalue weighted by Crippen LogP contribution is -2.51. The Kier molecular flexibility index (Phi) is 3.25. The minimum absolute atomic E-state index is 0.184. The predicted octanol–water partition coefficient (Wildman–Crippen LogP) is 3.42. The zero-order valence-corrected chi connectivity index (χ0v) is 13.2. The van der Waals surface area contributed by atoms with E-state index in [4.69, 9.17) is 17.0 Å². The molecule has 0 saturated carbocycles. The number of ether oxygens (including phenoxy) is 1. The summed E-state index contributed by atoms with van der Waals surface area (Å²) in [4.78, 5) is 11.4. The summed E-state index contributed by atoms with van der Waals surface area (Å²) in [6, 6.07) is 6.88. The van der Waals surface area contributed by atoms with Crippen LogP contribution in [0.15, 0.2) is 41.7 Å². The second-order valence-corrected chi connectivity index (χ2v) is 6.22. The van der Waals surface area contributed by atoms with Crippen LogP contribution in [0.2, 0.25) is 0 Å². The zero-order chi connectivity index (χ0) is 17.7. The number of alkyl halides is 2. The van der Waals surface area contributed by atoms with E-state index in [1.165, 1.54) is 6.20 Å². The number of hydrogen-bond donors (Lipinski definition) is 1. The zero-order valence-electron chi connectivity index (χ0n) is 13.2. The Balaban J connectivity index is 1.88. The topological polar surface area (TPSA) is 64.9 Å². The number of pyridine rings is 1. The van der Waals surface area contributed by atoms with Crippen LogP contribution in [-0.4, -0.2) is 23.5 Å². The van der Waals surface area contributed by atoms with Crippen LogP contribution in [0, 0.1) is 6.57 Å². The Morgan fingerprint density at radius 2 is 2.04 bits per heavy atom. The Morgan fingerprint density at radius 3 is 2.84 bits per heavy atom. The monoisotopic (exact) mass is 340 g/mol. The number of halogens is 2. The molecule has 4 rings (SSSR count). The molecule has 2 N–H and O–H groups in total. The molecule has 7 heteroatoms.